The number of hydrogen-bond acceptors (Lipinski definition) is 3. The molecule has 13 heavy (non-hydrogen) atoms. The Morgan fingerprint density at radius 3 is 1.92 bits per heavy atom. The highest BCUT2D eigenvalue weighted by Gasteiger charge is 2.25. The molecule has 0 spiro atoms. The summed E-state index contributed by atoms with van der Waals surface area (Å²) >= 11 is 0. The lowest BCUT2D eigenvalue weighted by Gasteiger charge is -2.24. The highest BCUT2D eigenvalue weighted by Crippen LogP contribution is 2.04. The summed E-state index contributed by atoms with van der Waals surface area (Å²) in [6, 6.07) is -0.910. The van der Waals surface area contributed by atoms with Crippen molar-refractivity contribution in [1.29, 1.82) is 0 Å². The predicted molar refractivity (Wildman–Crippen MR) is 46.6 cm³/mol. The topological polar surface area (TPSA) is 77.8 Å². The van der Waals surface area contributed by atoms with Gasteiger partial charge in [0.1, 0.15) is 6.04 Å². The Morgan fingerprint density at radius 2 is 1.69 bits per heavy atom. The van der Waals surface area contributed by atoms with E-state index < -0.39 is 18.0 Å². The fourth-order valence-corrected chi connectivity index (χ4v) is 1.20. The molecule has 0 aliphatic rings. The molecule has 0 saturated heterocycles. The maximum absolute atomic E-state index is 10.7. The Hall–Kier alpha value is -1.10. The molecule has 2 N–H and O–H groups in total. The van der Waals surface area contributed by atoms with Crippen molar-refractivity contribution in [3.05, 3.63) is 0 Å². The number of rotatable bonds is 6. The maximum Gasteiger partial charge on any atom is 0.321 e. The SMILES string of the molecule is CCN(CC)C(CC(=O)O)C(=O)O. The van der Waals surface area contributed by atoms with Crippen LogP contribution in [0.15, 0.2) is 0 Å². The van der Waals surface area contributed by atoms with Gasteiger partial charge < -0.3 is 10.2 Å². The van der Waals surface area contributed by atoms with E-state index in [4.69, 9.17) is 10.2 Å². The largest absolute Gasteiger partial charge is 0.481 e. The third-order valence-electron chi connectivity index (χ3n) is 1.91. The molecule has 1 atom stereocenters. The van der Waals surface area contributed by atoms with Gasteiger partial charge in [-0.2, -0.15) is 0 Å². The summed E-state index contributed by atoms with van der Waals surface area (Å²) in [6.07, 6.45) is -0.350. The van der Waals surface area contributed by atoms with Crippen LogP contribution in [0.2, 0.25) is 0 Å². The summed E-state index contributed by atoms with van der Waals surface area (Å²) in [6.45, 7) is 4.70. The van der Waals surface area contributed by atoms with E-state index in [1.165, 1.54) is 0 Å². The van der Waals surface area contributed by atoms with E-state index in [0.29, 0.717) is 13.1 Å². The summed E-state index contributed by atoms with van der Waals surface area (Å²) in [4.78, 5) is 22.7. The van der Waals surface area contributed by atoms with Crippen LogP contribution in [-0.4, -0.2) is 46.2 Å². The normalized spacial score (nSPS) is 12.8. The summed E-state index contributed by atoms with van der Waals surface area (Å²) < 4.78 is 0. The molecule has 0 amide bonds. The number of carboxylic acid groups (broad SMARTS) is 2. The molecule has 0 aromatic heterocycles. The van der Waals surface area contributed by atoms with E-state index >= 15 is 0 Å². The molecule has 0 aromatic rings. The van der Waals surface area contributed by atoms with E-state index in [1.807, 2.05) is 0 Å². The Kier molecular flexibility index (Phi) is 5.06. The van der Waals surface area contributed by atoms with Crippen molar-refractivity contribution in [2.75, 3.05) is 13.1 Å². The predicted octanol–water partition coefficient (Wildman–Crippen LogP) is 0.256. The van der Waals surface area contributed by atoms with Gasteiger partial charge in [-0.3, -0.25) is 14.5 Å². The van der Waals surface area contributed by atoms with Gasteiger partial charge in [0.2, 0.25) is 0 Å². The van der Waals surface area contributed by atoms with E-state index in [1.54, 1.807) is 18.7 Å². The van der Waals surface area contributed by atoms with Crippen molar-refractivity contribution in [3.8, 4) is 0 Å². The quantitative estimate of drug-likeness (QED) is 0.626. The van der Waals surface area contributed by atoms with Gasteiger partial charge in [-0.25, -0.2) is 0 Å². The number of nitrogens with zero attached hydrogens (tertiary/aromatic N) is 1. The first-order valence-electron chi connectivity index (χ1n) is 4.21. The van der Waals surface area contributed by atoms with Crippen molar-refractivity contribution in [1.82, 2.24) is 4.90 Å². The molecule has 0 aromatic carbocycles. The zero-order chi connectivity index (χ0) is 10.4. The molecule has 0 rings (SSSR count). The van der Waals surface area contributed by atoms with E-state index in [9.17, 15) is 9.59 Å². The highest BCUT2D eigenvalue weighted by atomic mass is 16.4. The minimum absolute atomic E-state index is 0.350. The first-order chi connectivity index (χ1) is 6.02. The van der Waals surface area contributed by atoms with E-state index in [-0.39, 0.29) is 6.42 Å². The van der Waals surface area contributed by atoms with Gasteiger partial charge in [-0.1, -0.05) is 13.8 Å². The summed E-state index contributed by atoms with van der Waals surface area (Å²) in [5.74, 6) is -2.16. The van der Waals surface area contributed by atoms with E-state index in [2.05, 4.69) is 0 Å². The average Bonchev–Trinajstić information content (AvgIpc) is 2.04. The van der Waals surface area contributed by atoms with Gasteiger partial charge >= 0.3 is 11.9 Å². The van der Waals surface area contributed by atoms with Crippen molar-refractivity contribution in [3.63, 3.8) is 0 Å². The molecule has 1 unspecified atom stereocenters. The fraction of sp³-hybridized carbons (Fsp3) is 0.750. The van der Waals surface area contributed by atoms with Crippen LogP contribution < -0.4 is 0 Å². The van der Waals surface area contributed by atoms with Gasteiger partial charge in [-0.05, 0) is 13.1 Å². The van der Waals surface area contributed by atoms with Gasteiger partial charge in [0, 0.05) is 0 Å². The van der Waals surface area contributed by atoms with Crippen molar-refractivity contribution in [2.45, 2.75) is 26.3 Å². The van der Waals surface area contributed by atoms with Crippen LogP contribution in [0.25, 0.3) is 0 Å². The molecule has 76 valence electrons. The maximum atomic E-state index is 10.7. The fourth-order valence-electron chi connectivity index (χ4n) is 1.20. The zero-order valence-electron chi connectivity index (χ0n) is 7.86. The number of hydrogen-bond donors (Lipinski definition) is 2. The third-order valence-corrected chi connectivity index (χ3v) is 1.91. The van der Waals surface area contributed by atoms with Crippen LogP contribution in [0.1, 0.15) is 20.3 Å². The van der Waals surface area contributed by atoms with Crippen molar-refractivity contribution in [2.24, 2.45) is 0 Å². The van der Waals surface area contributed by atoms with Gasteiger partial charge in [-0.15, -0.1) is 0 Å². The molecule has 0 aliphatic carbocycles. The summed E-state index contributed by atoms with van der Waals surface area (Å²) in [7, 11) is 0. The molecule has 0 fully saturated rings. The first-order valence-corrected chi connectivity index (χ1v) is 4.21. The molecule has 0 saturated carbocycles. The Balaban J connectivity index is 4.38. The van der Waals surface area contributed by atoms with Gasteiger partial charge in [0.05, 0.1) is 6.42 Å². The first kappa shape index (κ1) is 11.9. The van der Waals surface area contributed by atoms with Crippen LogP contribution >= 0.6 is 0 Å². The van der Waals surface area contributed by atoms with Crippen LogP contribution in [0.3, 0.4) is 0 Å². The summed E-state index contributed by atoms with van der Waals surface area (Å²) in [5.41, 5.74) is 0. The van der Waals surface area contributed by atoms with Crippen molar-refractivity contribution >= 4 is 11.9 Å². The standard InChI is InChI=1S/C8H15NO4/c1-3-9(4-2)6(8(12)13)5-7(10)11/h6H,3-5H2,1-2H3,(H,10,11)(H,12,13). The molecular weight excluding hydrogens is 174 g/mol. The van der Waals surface area contributed by atoms with Crippen LogP contribution in [-0.2, 0) is 9.59 Å². The second-order valence-electron chi connectivity index (χ2n) is 2.67. The number of aliphatic carboxylic acids is 2. The molecule has 0 aliphatic heterocycles. The third kappa shape index (κ3) is 3.89. The van der Waals surface area contributed by atoms with Crippen LogP contribution in [0.4, 0.5) is 0 Å². The van der Waals surface area contributed by atoms with E-state index in [0.717, 1.165) is 0 Å². The number of carbonyl (C=O) groups is 2. The highest BCUT2D eigenvalue weighted by molar-refractivity contribution is 5.80. The lowest BCUT2D eigenvalue weighted by atomic mass is 10.2. The second-order valence-corrected chi connectivity index (χ2v) is 2.67. The summed E-state index contributed by atoms with van der Waals surface area (Å²) in [5, 5.41) is 17.2. The van der Waals surface area contributed by atoms with Crippen molar-refractivity contribution < 1.29 is 19.8 Å². The minimum atomic E-state index is -1.08. The Bertz CT molecular complexity index is 189. The smallest absolute Gasteiger partial charge is 0.321 e. The minimum Gasteiger partial charge on any atom is -0.481 e. The number of likely N-dealkylation sites (N-methyl/N-ethyl adjacent to an activating group) is 1. The molecular formula is C8H15NO4. The van der Waals surface area contributed by atoms with Gasteiger partial charge in [0.15, 0.2) is 0 Å². The lowest BCUT2D eigenvalue weighted by molar-refractivity contribution is -0.149. The molecule has 0 radical (unpaired) electrons. The lowest BCUT2D eigenvalue weighted by Crippen LogP contribution is -2.42. The van der Waals surface area contributed by atoms with Crippen LogP contribution in [0, 0.1) is 0 Å². The van der Waals surface area contributed by atoms with Gasteiger partial charge in [0.25, 0.3) is 0 Å². The molecule has 0 heterocycles. The Morgan fingerprint density at radius 1 is 1.23 bits per heavy atom. The van der Waals surface area contributed by atoms with Crippen LogP contribution in [0.5, 0.6) is 0 Å². The average molecular weight is 189 g/mol. The monoisotopic (exact) mass is 189 g/mol. The molecule has 0 bridgehead atoms. The second kappa shape index (κ2) is 5.53. The number of carboxylic acids is 2. The molecule has 5 nitrogen and oxygen atoms in total. The Labute approximate surface area is 77.0 Å². The zero-order valence-corrected chi connectivity index (χ0v) is 7.86. The molecule has 5 heteroatoms.